The van der Waals surface area contributed by atoms with Crippen molar-refractivity contribution in [1.29, 1.82) is 0 Å². The zero-order valence-corrected chi connectivity index (χ0v) is 11.7. The first-order chi connectivity index (χ1) is 7.94. The van der Waals surface area contributed by atoms with E-state index in [1.165, 1.54) is 0 Å². The summed E-state index contributed by atoms with van der Waals surface area (Å²) in [6, 6.07) is 0.690. The van der Waals surface area contributed by atoms with Crippen molar-refractivity contribution in [2.24, 2.45) is 5.41 Å². The summed E-state index contributed by atoms with van der Waals surface area (Å²) in [5.74, 6) is 0. The Labute approximate surface area is 105 Å². The average molecular weight is 244 g/mol. The normalized spacial score (nSPS) is 23.3. The predicted octanol–water partition coefficient (Wildman–Crippen LogP) is 0.704. The molecule has 4 nitrogen and oxygen atoms in total. The van der Waals surface area contributed by atoms with Crippen molar-refractivity contribution in [3.05, 3.63) is 0 Å². The summed E-state index contributed by atoms with van der Waals surface area (Å²) >= 11 is 0. The first kappa shape index (κ1) is 14.9. The van der Waals surface area contributed by atoms with Gasteiger partial charge in [0.15, 0.2) is 0 Å². The van der Waals surface area contributed by atoms with Crippen LogP contribution < -0.4 is 5.32 Å². The van der Waals surface area contributed by atoms with Crippen molar-refractivity contribution < 1.29 is 9.84 Å². The molecule has 1 fully saturated rings. The summed E-state index contributed by atoms with van der Waals surface area (Å²) < 4.78 is 5.40. The standard InChI is InChI=1S/C13H28N2O2/c1-11(2)14-9-13(3,4)10-15-5-6-17-8-12(15)7-16/h11-12,14,16H,5-10H2,1-4H3. The van der Waals surface area contributed by atoms with Crippen molar-refractivity contribution >= 4 is 0 Å². The van der Waals surface area contributed by atoms with E-state index >= 15 is 0 Å². The number of aliphatic hydroxyl groups excluding tert-OH is 1. The van der Waals surface area contributed by atoms with Gasteiger partial charge >= 0.3 is 0 Å². The highest BCUT2D eigenvalue weighted by Crippen LogP contribution is 2.19. The number of hydrogen-bond acceptors (Lipinski definition) is 4. The SMILES string of the molecule is CC(C)NCC(C)(C)CN1CCOCC1CO. The van der Waals surface area contributed by atoms with Crippen LogP contribution in [0.1, 0.15) is 27.7 Å². The van der Waals surface area contributed by atoms with E-state index in [1.807, 2.05) is 0 Å². The van der Waals surface area contributed by atoms with Gasteiger partial charge in [0.2, 0.25) is 0 Å². The highest BCUT2D eigenvalue weighted by molar-refractivity contribution is 4.82. The molecule has 17 heavy (non-hydrogen) atoms. The second-order valence-corrected chi connectivity index (χ2v) is 6.08. The van der Waals surface area contributed by atoms with Gasteiger partial charge in [-0.25, -0.2) is 0 Å². The Hall–Kier alpha value is -0.160. The fraction of sp³-hybridized carbons (Fsp3) is 1.00. The van der Waals surface area contributed by atoms with E-state index in [0.717, 1.165) is 26.2 Å². The zero-order valence-electron chi connectivity index (χ0n) is 11.7. The number of nitrogens with zero attached hydrogens (tertiary/aromatic N) is 1. The minimum absolute atomic E-state index is 0.169. The van der Waals surface area contributed by atoms with Gasteiger partial charge < -0.3 is 15.2 Å². The number of hydrogen-bond donors (Lipinski definition) is 2. The van der Waals surface area contributed by atoms with Gasteiger partial charge in [0.05, 0.1) is 25.9 Å². The van der Waals surface area contributed by atoms with Gasteiger partial charge in [-0.3, -0.25) is 4.90 Å². The van der Waals surface area contributed by atoms with Crippen molar-refractivity contribution in [2.45, 2.75) is 39.8 Å². The molecular formula is C13H28N2O2. The first-order valence-electron chi connectivity index (χ1n) is 6.60. The molecule has 0 aromatic carbocycles. The van der Waals surface area contributed by atoms with E-state index in [1.54, 1.807) is 0 Å². The van der Waals surface area contributed by atoms with Crippen LogP contribution in [0.3, 0.4) is 0 Å². The molecule has 2 N–H and O–H groups in total. The quantitative estimate of drug-likeness (QED) is 0.722. The largest absolute Gasteiger partial charge is 0.395 e. The molecular weight excluding hydrogens is 216 g/mol. The van der Waals surface area contributed by atoms with Gasteiger partial charge in [0.1, 0.15) is 0 Å². The molecule has 1 aliphatic rings. The van der Waals surface area contributed by atoms with Gasteiger partial charge in [0, 0.05) is 25.7 Å². The lowest BCUT2D eigenvalue weighted by atomic mass is 9.91. The van der Waals surface area contributed by atoms with E-state index in [2.05, 4.69) is 37.9 Å². The van der Waals surface area contributed by atoms with Gasteiger partial charge in [0.25, 0.3) is 0 Å². The second kappa shape index (κ2) is 6.69. The van der Waals surface area contributed by atoms with Crippen molar-refractivity contribution in [3.8, 4) is 0 Å². The van der Waals surface area contributed by atoms with E-state index in [9.17, 15) is 5.11 Å². The van der Waals surface area contributed by atoms with Crippen LogP contribution in [-0.4, -0.2) is 61.5 Å². The highest BCUT2D eigenvalue weighted by atomic mass is 16.5. The third-order valence-corrected chi connectivity index (χ3v) is 3.18. The number of aliphatic hydroxyl groups is 1. The number of rotatable bonds is 6. The van der Waals surface area contributed by atoms with Gasteiger partial charge in [-0.2, -0.15) is 0 Å². The summed E-state index contributed by atoms with van der Waals surface area (Å²) in [5.41, 5.74) is 0.217. The molecule has 1 rings (SSSR count). The Kier molecular flexibility index (Phi) is 5.86. The number of ether oxygens (including phenoxy) is 1. The Morgan fingerprint density at radius 2 is 2.18 bits per heavy atom. The molecule has 1 heterocycles. The van der Waals surface area contributed by atoms with Gasteiger partial charge in [-0.05, 0) is 5.41 Å². The first-order valence-corrected chi connectivity index (χ1v) is 6.60. The van der Waals surface area contributed by atoms with Crippen molar-refractivity contribution in [1.82, 2.24) is 10.2 Å². The van der Waals surface area contributed by atoms with E-state index in [0.29, 0.717) is 12.6 Å². The van der Waals surface area contributed by atoms with Crippen LogP contribution in [0.4, 0.5) is 0 Å². The van der Waals surface area contributed by atoms with E-state index in [4.69, 9.17) is 4.74 Å². The number of nitrogens with one attached hydrogen (secondary N) is 1. The summed E-state index contributed by atoms with van der Waals surface area (Å²) in [6.07, 6.45) is 0. The van der Waals surface area contributed by atoms with Gasteiger partial charge in [-0.1, -0.05) is 27.7 Å². The number of morpholine rings is 1. The molecule has 0 aromatic rings. The van der Waals surface area contributed by atoms with Crippen LogP contribution in [-0.2, 0) is 4.74 Å². The molecule has 0 saturated carbocycles. The van der Waals surface area contributed by atoms with Crippen LogP contribution in [0.25, 0.3) is 0 Å². The third-order valence-electron chi connectivity index (χ3n) is 3.18. The summed E-state index contributed by atoms with van der Waals surface area (Å²) in [5, 5.41) is 12.8. The Morgan fingerprint density at radius 1 is 1.47 bits per heavy atom. The van der Waals surface area contributed by atoms with Crippen LogP contribution in [0.2, 0.25) is 0 Å². The summed E-state index contributed by atoms with van der Waals surface area (Å²) in [4.78, 5) is 2.35. The van der Waals surface area contributed by atoms with Crippen molar-refractivity contribution in [3.63, 3.8) is 0 Å². The third kappa shape index (κ3) is 5.34. The molecule has 0 spiro atoms. The average Bonchev–Trinajstić information content (AvgIpc) is 2.27. The van der Waals surface area contributed by atoms with Crippen LogP contribution >= 0.6 is 0 Å². The molecule has 0 aliphatic carbocycles. The summed E-state index contributed by atoms with van der Waals surface area (Å²) in [6.45, 7) is 13.4. The van der Waals surface area contributed by atoms with Crippen LogP contribution in [0, 0.1) is 5.41 Å². The fourth-order valence-electron chi connectivity index (χ4n) is 2.15. The zero-order chi connectivity index (χ0) is 12.9. The lowest BCUT2D eigenvalue weighted by molar-refractivity contribution is -0.0408. The fourth-order valence-corrected chi connectivity index (χ4v) is 2.15. The molecule has 1 saturated heterocycles. The smallest absolute Gasteiger partial charge is 0.0644 e. The highest BCUT2D eigenvalue weighted by Gasteiger charge is 2.28. The lowest BCUT2D eigenvalue weighted by Crippen LogP contribution is -2.52. The maximum absolute atomic E-state index is 9.34. The minimum Gasteiger partial charge on any atom is -0.395 e. The molecule has 0 radical (unpaired) electrons. The molecule has 1 unspecified atom stereocenters. The molecule has 4 heteroatoms. The van der Waals surface area contributed by atoms with E-state index in [-0.39, 0.29) is 18.1 Å². The van der Waals surface area contributed by atoms with Crippen molar-refractivity contribution in [2.75, 3.05) is 39.5 Å². The Balaban J connectivity index is 2.43. The minimum atomic E-state index is 0.169. The Bertz CT molecular complexity index is 219. The molecule has 1 atom stereocenters. The second-order valence-electron chi connectivity index (χ2n) is 6.08. The monoisotopic (exact) mass is 244 g/mol. The maximum atomic E-state index is 9.34. The van der Waals surface area contributed by atoms with Gasteiger partial charge in [-0.15, -0.1) is 0 Å². The van der Waals surface area contributed by atoms with Crippen LogP contribution in [0.5, 0.6) is 0 Å². The Morgan fingerprint density at radius 3 is 2.76 bits per heavy atom. The van der Waals surface area contributed by atoms with E-state index < -0.39 is 0 Å². The lowest BCUT2D eigenvalue weighted by Gasteiger charge is -2.40. The summed E-state index contributed by atoms with van der Waals surface area (Å²) in [7, 11) is 0. The molecule has 0 aromatic heterocycles. The molecule has 0 amide bonds. The topological polar surface area (TPSA) is 44.7 Å². The maximum Gasteiger partial charge on any atom is 0.0644 e. The molecule has 102 valence electrons. The molecule has 0 bridgehead atoms. The van der Waals surface area contributed by atoms with Crippen LogP contribution in [0.15, 0.2) is 0 Å². The predicted molar refractivity (Wildman–Crippen MR) is 70.2 cm³/mol. The molecule has 1 aliphatic heterocycles.